The second-order valence-electron chi connectivity index (χ2n) is 7.74. The quantitative estimate of drug-likeness (QED) is 0.670. The number of rotatable bonds is 6. The van der Waals surface area contributed by atoms with Gasteiger partial charge in [-0.25, -0.2) is 9.59 Å². The van der Waals surface area contributed by atoms with Crippen molar-refractivity contribution in [3.8, 4) is 5.75 Å². The molecule has 0 spiro atoms. The third-order valence-electron chi connectivity index (χ3n) is 5.36. The average molecular weight is 451 g/mol. The molecule has 1 amide bonds. The van der Waals surface area contributed by atoms with Crippen molar-refractivity contribution in [3.63, 3.8) is 0 Å². The molecule has 0 bridgehead atoms. The van der Waals surface area contributed by atoms with Gasteiger partial charge in [0.15, 0.2) is 6.61 Å². The summed E-state index contributed by atoms with van der Waals surface area (Å²) in [5.41, 5.74) is 1.48. The predicted molar refractivity (Wildman–Crippen MR) is 109 cm³/mol. The molecule has 0 aromatic heterocycles. The molecule has 2 aromatic rings. The number of ether oxygens (including phenoxy) is 2. The Morgan fingerprint density at radius 3 is 2.53 bits per heavy atom. The highest BCUT2D eigenvalue weighted by molar-refractivity contribution is 5.69. The van der Waals surface area contributed by atoms with Crippen LogP contribution in [-0.4, -0.2) is 41.8 Å². The first-order chi connectivity index (χ1) is 15.1. The lowest BCUT2D eigenvalue weighted by Crippen LogP contribution is -2.39. The number of aliphatic carboxylic acids is 1. The van der Waals surface area contributed by atoms with E-state index >= 15 is 0 Å². The molecule has 1 aliphatic heterocycles. The minimum Gasteiger partial charge on any atom is -0.482 e. The van der Waals surface area contributed by atoms with Gasteiger partial charge in [0.05, 0.1) is 5.56 Å². The van der Waals surface area contributed by atoms with E-state index < -0.39 is 30.4 Å². The Morgan fingerprint density at radius 1 is 1.16 bits per heavy atom. The first-order valence-corrected chi connectivity index (χ1v) is 10.2. The van der Waals surface area contributed by atoms with Gasteiger partial charge in [0.25, 0.3) is 0 Å². The van der Waals surface area contributed by atoms with Gasteiger partial charge in [0, 0.05) is 19.0 Å². The lowest BCUT2D eigenvalue weighted by Gasteiger charge is -2.32. The Kier molecular flexibility index (Phi) is 7.27. The molecule has 1 saturated heterocycles. The predicted octanol–water partition coefficient (Wildman–Crippen LogP) is 4.99. The summed E-state index contributed by atoms with van der Waals surface area (Å²) in [6, 6.07) is 10.1. The van der Waals surface area contributed by atoms with E-state index in [1.54, 1.807) is 11.0 Å². The van der Waals surface area contributed by atoms with Crippen LogP contribution in [0.15, 0.2) is 42.5 Å². The fourth-order valence-corrected chi connectivity index (χ4v) is 3.61. The molecule has 0 radical (unpaired) electrons. The number of carbonyl (C=O) groups is 2. The van der Waals surface area contributed by atoms with E-state index in [0.29, 0.717) is 24.4 Å². The Morgan fingerprint density at radius 2 is 1.88 bits per heavy atom. The largest absolute Gasteiger partial charge is 0.482 e. The summed E-state index contributed by atoms with van der Waals surface area (Å²) in [4.78, 5) is 24.9. The van der Waals surface area contributed by atoms with E-state index in [4.69, 9.17) is 14.6 Å². The molecule has 1 unspecified atom stereocenters. The molecule has 0 saturated carbocycles. The molecule has 32 heavy (non-hydrogen) atoms. The summed E-state index contributed by atoms with van der Waals surface area (Å²) < 4.78 is 48.6. The fraction of sp³-hybridized carbons (Fsp3) is 0.391. The van der Waals surface area contributed by atoms with Crippen molar-refractivity contribution >= 4 is 12.1 Å². The zero-order valence-corrected chi connectivity index (χ0v) is 17.5. The highest BCUT2D eigenvalue weighted by atomic mass is 19.4. The normalized spacial score (nSPS) is 16.5. The van der Waals surface area contributed by atoms with E-state index in [1.807, 2.05) is 19.1 Å². The third kappa shape index (κ3) is 6.15. The molecule has 1 aliphatic rings. The van der Waals surface area contributed by atoms with Crippen LogP contribution in [0.2, 0.25) is 0 Å². The Hall–Kier alpha value is -3.23. The molecule has 6 nitrogen and oxygen atoms in total. The molecule has 3 rings (SSSR count). The van der Waals surface area contributed by atoms with Crippen molar-refractivity contribution in [1.82, 2.24) is 4.90 Å². The van der Waals surface area contributed by atoms with Crippen molar-refractivity contribution in [1.29, 1.82) is 0 Å². The summed E-state index contributed by atoms with van der Waals surface area (Å²) in [5.74, 6) is -0.531. The lowest BCUT2D eigenvalue weighted by atomic mass is 9.90. The smallest absolute Gasteiger partial charge is 0.416 e. The van der Waals surface area contributed by atoms with Gasteiger partial charge >= 0.3 is 18.2 Å². The van der Waals surface area contributed by atoms with E-state index in [2.05, 4.69) is 0 Å². The van der Waals surface area contributed by atoms with Gasteiger partial charge in [-0.05, 0) is 54.7 Å². The highest BCUT2D eigenvalue weighted by Gasteiger charge is 2.30. The van der Waals surface area contributed by atoms with Crippen LogP contribution in [0.1, 0.15) is 41.0 Å². The molecule has 1 atom stereocenters. The number of amides is 1. The number of halogens is 3. The summed E-state index contributed by atoms with van der Waals surface area (Å²) in [5, 5.41) is 8.83. The molecule has 1 fully saturated rings. The lowest BCUT2D eigenvalue weighted by molar-refractivity contribution is -0.139. The van der Waals surface area contributed by atoms with Crippen molar-refractivity contribution in [2.24, 2.45) is 0 Å². The van der Waals surface area contributed by atoms with Gasteiger partial charge in [-0.1, -0.05) is 24.3 Å². The number of aryl methyl sites for hydroxylation is 1. The number of nitrogens with zero attached hydrogens (tertiary/aromatic N) is 1. The SMILES string of the molecule is Cc1ccc(C2CCCN(C(=O)OCc3ccc(C(F)(F)F)cc3)C2)cc1OCC(=O)O. The Bertz CT molecular complexity index is 959. The third-order valence-corrected chi connectivity index (χ3v) is 5.36. The van der Waals surface area contributed by atoms with Crippen LogP contribution in [0.4, 0.5) is 18.0 Å². The number of hydrogen-bond acceptors (Lipinski definition) is 4. The fourth-order valence-electron chi connectivity index (χ4n) is 3.61. The molecular weight excluding hydrogens is 427 g/mol. The van der Waals surface area contributed by atoms with Gasteiger partial charge in [-0.3, -0.25) is 0 Å². The zero-order chi connectivity index (χ0) is 23.3. The highest BCUT2D eigenvalue weighted by Crippen LogP contribution is 2.31. The zero-order valence-electron chi connectivity index (χ0n) is 17.5. The van der Waals surface area contributed by atoms with Crippen molar-refractivity contribution in [2.45, 2.75) is 38.5 Å². The number of piperidine rings is 1. The Balaban J connectivity index is 1.59. The molecule has 0 aliphatic carbocycles. The second-order valence-corrected chi connectivity index (χ2v) is 7.74. The summed E-state index contributed by atoms with van der Waals surface area (Å²) in [6.07, 6.45) is -3.32. The van der Waals surface area contributed by atoms with E-state index in [-0.39, 0.29) is 12.5 Å². The van der Waals surface area contributed by atoms with Gasteiger partial charge in [0.2, 0.25) is 0 Å². The van der Waals surface area contributed by atoms with E-state index in [9.17, 15) is 22.8 Å². The minimum absolute atomic E-state index is 0.0372. The maximum absolute atomic E-state index is 12.7. The van der Waals surface area contributed by atoms with Crippen LogP contribution in [0, 0.1) is 6.92 Å². The molecular formula is C23H24F3NO5. The second kappa shape index (κ2) is 9.93. The number of carbonyl (C=O) groups excluding carboxylic acids is 1. The van der Waals surface area contributed by atoms with Crippen LogP contribution in [0.25, 0.3) is 0 Å². The topological polar surface area (TPSA) is 76.1 Å². The van der Waals surface area contributed by atoms with E-state index in [0.717, 1.165) is 36.1 Å². The number of carboxylic acid groups (broad SMARTS) is 1. The first-order valence-electron chi connectivity index (χ1n) is 10.2. The molecule has 9 heteroatoms. The number of carboxylic acids is 1. The molecule has 1 N–H and O–H groups in total. The summed E-state index contributed by atoms with van der Waals surface area (Å²) >= 11 is 0. The van der Waals surface area contributed by atoms with Crippen molar-refractivity contribution in [3.05, 3.63) is 64.7 Å². The van der Waals surface area contributed by atoms with Crippen molar-refractivity contribution < 1.29 is 37.3 Å². The molecule has 172 valence electrons. The summed E-state index contributed by atoms with van der Waals surface area (Å²) in [7, 11) is 0. The van der Waals surface area contributed by atoms with E-state index in [1.165, 1.54) is 12.1 Å². The van der Waals surface area contributed by atoms with Crippen LogP contribution < -0.4 is 4.74 Å². The number of alkyl halides is 3. The molecule has 1 heterocycles. The van der Waals surface area contributed by atoms with Gasteiger partial charge in [0.1, 0.15) is 12.4 Å². The monoisotopic (exact) mass is 451 g/mol. The van der Waals surface area contributed by atoms with Crippen LogP contribution >= 0.6 is 0 Å². The minimum atomic E-state index is -4.41. The molecule has 2 aromatic carbocycles. The van der Waals surface area contributed by atoms with Gasteiger partial charge in [-0.2, -0.15) is 13.2 Å². The number of benzene rings is 2. The van der Waals surface area contributed by atoms with Gasteiger partial charge in [-0.15, -0.1) is 0 Å². The van der Waals surface area contributed by atoms with Crippen LogP contribution in [0.5, 0.6) is 5.75 Å². The van der Waals surface area contributed by atoms with Crippen molar-refractivity contribution in [2.75, 3.05) is 19.7 Å². The standard InChI is InChI=1S/C23H24F3NO5/c1-15-4-7-17(11-20(15)31-14-21(28)29)18-3-2-10-27(12-18)22(30)32-13-16-5-8-19(9-6-16)23(24,25)26/h4-9,11,18H,2-3,10,12-14H2,1H3,(H,28,29). The maximum Gasteiger partial charge on any atom is 0.416 e. The summed E-state index contributed by atoms with van der Waals surface area (Å²) in [6.45, 7) is 2.23. The van der Waals surface area contributed by atoms with Crippen LogP contribution in [0.3, 0.4) is 0 Å². The maximum atomic E-state index is 12.7. The number of hydrogen-bond donors (Lipinski definition) is 1. The number of likely N-dealkylation sites (tertiary alicyclic amines) is 1. The average Bonchev–Trinajstić information content (AvgIpc) is 2.76. The Labute approximate surface area is 183 Å². The first kappa shape index (κ1) is 23.4. The van der Waals surface area contributed by atoms with Gasteiger partial charge < -0.3 is 19.5 Å². The van der Waals surface area contributed by atoms with Crippen LogP contribution in [-0.2, 0) is 22.3 Å².